The van der Waals surface area contributed by atoms with Crippen molar-refractivity contribution >= 4 is 0 Å². The zero-order valence-electron chi connectivity index (χ0n) is 23.8. The highest BCUT2D eigenvalue weighted by molar-refractivity contribution is 5.08. The fraction of sp³-hybridized carbons (Fsp3) is 0.625. The van der Waals surface area contributed by atoms with Crippen molar-refractivity contribution in [3.8, 4) is 0 Å². The van der Waals surface area contributed by atoms with E-state index in [9.17, 15) is 0 Å². The quantitative estimate of drug-likeness (QED) is 0.173. The van der Waals surface area contributed by atoms with Crippen molar-refractivity contribution in [2.75, 3.05) is 13.2 Å². The van der Waals surface area contributed by atoms with Crippen molar-refractivity contribution in [3.05, 3.63) is 69.9 Å². The first-order valence-corrected chi connectivity index (χ1v) is 13.2. The van der Waals surface area contributed by atoms with Crippen LogP contribution in [-0.2, 0) is 0 Å². The van der Waals surface area contributed by atoms with E-state index < -0.39 is 0 Å². The van der Waals surface area contributed by atoms with E-state index in [4.69, 9.17) is 10.2 Å². The number of hydrogen-bond donors (Lipinski definition) is 2. The normalized spacial score (nSPS) is 12.8. The third-order valence-corrected chi connectivity index (χ3v) is 5.50. The number of aliphatic hydroxyl groups is 2. The average Bonchev–Trinajstić information content (AvgIpc) is 2.76. The van der Waals surface area contributed by atoms with Gasteiger partial charge in [0.15, 0.2) is 0 Å². The van der Waals surface area contributed by atoms with Gasteiger partial charge in [0, 0.05) is 0 Å². The minimum atomic E-state index is -0.125. The van der Waals surface area contributed by atoms with Crippen molar-refractivity contribution in [2.24, 2.45) is 0 Å². The molecule has 34 heavy (non-hydrogen) atoms. The van der Waals surface area contributed by atoms with E-state index in [1.54, 1.807) is 0 Å². The monoisotopic (exact) mass is 472 g/mol. The second kappa shape index (κ2) is 24.5. The van der Waals surface area contributed by atoms with Crippen LogP contribution in [0.1, 0.15) is 120 Å². The Balaban J connectivity index is 0. The van der Waals surface area contributed by atoms with Crippen LogP contribution in [0.2, 0.25) is 0 Å². The van der Waals surface area contributed by atoms with E-state index in [0.717, 1.165) is 0 Å². The van der Waals surface area contributed by atoms with Crippen molar-refractivity contribution in [1.82, 2.24) is 0 Å². The van der Waals surface area contributed by atoms with Crippen LogP contribution in [0.25, 0.3) is 0 Å². The minimum Gasteiger partial charge on any atom is -0.394 e. The zero-order valence-corrected chi connectivity index (χ0v) is 23.8. The van der Waals surface area contributed by atoms with Crippen LogP contribution >= 0.6 is 0 Å². The summed E-state index contributed by atoms with van der Waals surface area (Å²) in [5.74, 6) is 0. The van der Waals surface area contributed by atoms with E-state index in [0.29, 0.717) is 0 Å². The maximum Gasteiger partial charge on any atom is 0.0662 e. The molecule has 0 aromatic carbocycles. The number of hydrogen-bond acceptors (Lipinski definition) is 2. The van der Waals surface area contributed by atoms with E-state index in [-0.39, 0.29) is 13.2 Å². The van der Waals surface area contributed by atoms with E-state index >= 15 is 0 Å². The summed E-state index contributed by atoms with van der Waals surface area (Å²) in [4.78, 5) is 0. The summed E-state index contributed by atoms with van der Waals surface area (Å²) in [7, 11) is 0. The van der Waals surface area contributed by atoms with Gasteiger partial charge >= 0.3 is 0 Å². The van der Waals surface area contributed by atoms with Gasteiger partial charge in [-0.3, -0.25) is 0 Å². The fourth-order valence-corrected chi connectivity index (χ4v) is 3.34. The van der Waals surface area contributed by atoms with Crippen molar-refractivity contribution in [1.29, 1.82) is 0 Å². The first-order valence-electron chi connectivity index (χ1n) is 13.2. The van der Waals surface area contributed by atoms with E-state index in [1.807, 2.05) is 0 Å². The van der Waals surface area contributed by atoms with Crippen LogP contribution in [0.5, 0.6) is 0 Å². The summed E-state index contributed by atoms with van der Waals surface area (Å²) in [5.41, 5.74) is 8.97. The Hall–Kier alpha value is -1.64. The highest BCUT2D eigenvalue weighted by atomic mass is 16.3. The van der Waals surface area contributed by atoms with Gasteiger partial charge in [-0.1, -0.05) is 69.9 Å². The van der Waals surface area contributed by atoms with Crippen molar-refractivity contribution < 1.29 is 10.2 Å². The molecule has 0 fully saturated rings. The predicted octanol–water partition coefficient (Wildman–Crippen LogP) is 9.58. The molecule has 0 aliphatic heterocycles. The summed E-state index contributed by atoms with van der Waals surface area (Å²) in [6.07, 6.45) is 26.2. The summed E-state index contributed by atoms with van der Waals surface area (Å²) in [5, 5.41) is 15.2. The molecule has 0 heterocycles. The van der Waals surface area contributed by atoms with Crippen LogP contribution in [0.4, 0.5) is 0 Å². The zero-order chi connectivity index (χ0) is 26.2. The van der Waals surface area contributed by atoms with Gasteiger partial charge in [-0.15, -0.1) is 0 Å². The van der Waals surface area contributed by atoms with Crippen LogP contribution < -0.4 is 0 Å². The third-order valence-electron chi connectivity index (χ3n) is 5.50. The molecule has 196 valence electrons. The van der Waals surface area contributed by atoms with Gasteiger partial charge < -0.3 is 10.2 Å². The maximum absolute atomic E-state index is 7.62. The number of rotatable bonds is 16. The van der Waals surface area contributed by atoms with Crippen LogP contribution in [0.15, 0.2) is 69.9 Å². The van der Waals surface area contributed by atoms with Crippen LogP contribution in [-0.4, -0.2) is 23.4 Å². The molecule has 0 aliphatic rings. The Bertz CT molecular complexity index is 616. The largest absolute Gasteiger partial charge is 0.394 e. The molecule has 0 aromatic heterocycles. The number of unbranched alkanes of at least 4 members (excludes halogenated alkanes) is 1. The SMILES string of the molecule is CC(C)=CCC/C(C)=C/CC/C(C)=C/CC/C=C(\C)CC/C=C(\C)CCC=C(C)C.OCCO. The van der Waals surface area contributed by atoms with Gasteiger partial charge in [0.1, 0.15) is 0 Å². The van der Waals surface area contributed by atoms with E-state index in [2.05, 4.69) is 91.8 Å². The second-order valence-corrected chi connectivity index (χ2v) is 9.94. The Labute approximate surface area is 213 Å². The lowest BCUT2D eigenvalue weighted by molar-refractivity contribution is 0.186. The minimum absolute atomic E-state index is 0.125. The smallest absolute Gasteiger partial charge is 0.0662 e. The molecule has 2 heteroatoms. The summed E-state index contributed by atoms with van der Waals surface area (Å²) >= 11 is 0. The first-order chi connectivity index (χ1) is 16.1. The highest BCUT2D eigenvalue weighted by Crippen LogP contribution is 2.14. The molecule has 0 amide bonds. The van der Waals surface area contributed by atoms with Crippen molar-refractivity contribution in [2.45, 2.75) is 120 Å². The molecule has 0 atom stereocenters. The van der Waals surface area contributed by atoms with Crippen LogP contribution in [0.3, 0.4) is 0 Å². The molecule has 0 rings (SSSR count). The molecule has 0 aliphatic carbocycles. The molecule has 0 saturated heterocycles. The molecule has 0 unspecified atom stereocenters. The van der Waals surface area contributed by atoms with Gasteiger partial charge in [-0.25, -0.2) is 0 Å². The van der Waals surface area contributed by atoms with Gasteiger partial charge in [-0.05, 0) is 120 Å². The standard InChI is InChI=1S/C30H50.C2H6O2/c1-25(2)15-11-19-29(7)23-13-21-27(5)17-9-10-18-28(6)22-14-24-30(8)20-12-16-26(3)4;3-1-2-4/h15-18,23-24H,9-14,19-22H2,1-8H3;3-4H,1-2H2/b27-17+,28-18+,29-23+,30-24+;. The van der Waals surface area contributed by atoms with Gasteiger partial charge in [-0.2, -0.15) is 0 Å². The molecule has 0 aromatic rings. The van der Waals surface area contributed by atoms with E-state index in [1.165, 1.54) is 97.6 Å². The first kappa shape index (κ1) is 34.5. The summed E-state index contributed by atoms with van der Waals surface area (Å²) < 4.78 is 0. The Kier molecular flexibility index (Phi) is 24.9. The van der Waals surface area contributed by atoms with Gasteiger partial charge in [0.25, 0.3) is 0 Å². The third kappa shape index (κ3) is 28.4. The molecular formula is C32H56O2. The lowest BCUT2D eigenvalue weighted by Gasteiger charge is -2.02. The Morgan fingerprint density at radius 2 is 0.618 bits per heavy atom. The second-order valence-electron chi connectivity index (χ2n) is 9.94. The lowest BCUT2D eigenvalue weighted by Crippen LogP contribution is -1.85. The highest BCUT2D eigenvalue weighted by Gasteiger charge is 1.94. The summed E-state index contributed by atoms with van der Waals surface area (Å²) in [6.45, 7) is 17.6. The average molecular weight is 473 g/mol. The lowest BCUT2D eigenvalue weighted by atomic mass is 10.0. The topological polar surface area (TPSA) is 40.5 Å². The molecule has 2 nitrogen and oxygen atoms in total. The molecule has 0 saturated carbocycles. The molecule has 0 bridgehead atoms. The van der Waals surface area contributed by atoms with Crippen LogP contribution in [0, 0.1) is 0 Å². The number of aliphatic hydroxyl groups excluding tert-OH is 2. The Morgan fingerprint density at radius 1 is 0.382 bits per heavy atom. The predicted molar refractivity (Wildman–Crippen MR) is 154 cm³/mol. The Morgan fingerprint density at radius 3 is 0.853 bits per heavy atom. The molecule has 0 radical (unpaired) electrons. The number of allylic oxidation sites excluding steroid dienone is 12. The maximum atomic E-state index is 7.62. The van der Waals surface area contributed by atoms with Gasteiger partial charge in [0.2, 0.25) is 0 Å². The molecule has 0 spiro atoms. The van der Waals surface area contributed by atoms with Gasteiger partial charge in [0.05, 0.1) is 13.2 Å². The fourth-order valence-electron chi connectivity index (χ4n) is 3.34. The molecular weight excluding hydrogens is 416 g/mol. The molecule has 2 N–H and O–H groups in total. The van der Waals surface area contributed by atoms with Crippen molar-refractivity contribution in [3.63, 3.8) is 0 Å². The summed E-state index contributed by atoms with van der Waals surface area (Å²) in [6, 6.07) is 0.